The van der Waals surface area contributed by atoms with Gasteiger partial charge in [-0.1, -0.05) is 0 Å². The Bertz CT molecular complexity index is 268. The first-order chi connectivity index (χ1) is 7.41. The monoisotopic (exact) mass is 226 g/mol. The molecule has 0 aromatic heterocycles. The van der Waals surface area contributed by atoms with Gasteiger partial charge in [-0.25, -0.2) is 0 Å². The Labute approximate surface area is 94.8 Å². The summed E-state index contributed by atoms with van der Waals surface area (Å²) in [4.78, 5) is 43.1. The quantitative estimate of drug-likeness (QED) is 0.336. The molecule has 16 heavy (non-hydrogen) atoms. The molecule has 0 aliphatic heterocycles. The number of hydrogen-bond donors (Lipinski definition) is 0. The molecule has 88 valence electrons. The van der Waals surface area contributed by atoms with Gasteiger partial charge in [0, 0.05) is 6.42 Å². The van der Waals surface area contributed by atoms with Gasteiger partial charge < -0.3 is 4.65 Å². The van der Waals surface area contributed by atoms with Gasteiger partial charge in [0.15, 0.2) is 0 Å². The molecule has 0 aliphatic rings. The van der Waals surface area contributed by atoms with E-state index in [0.29, 0.717) is 6.32 Å². The lowest BCUT2D eigenvalue weighted by molar-refractivity contribution is -0.137. The fourth-order valence-electron chi connectivity index (χ4n) is 1.08. The molecule has 0 saturated heterocycles. The minimum atomic E-state index is -0.577. The third-order valence-electron chi connectivity index (χ3n) is 1.70. The molecular weight excluding hydrogens is 211 g/mol. The van der Waals surface area contributed by atoms with Crippen LogP contribution in [0, 0.1) is 0 Å². The molecule has 0 rings (SSSR count). The van der Waals surface area contributed by atoms with E-state index in [4.69, 9.17) is 4.65 Å². The van der Waals surface area contributed by atoms with Crippen LogP contribution in [-0.4, -0.2) is 30.8 Å². The Morgan fingerprint density at radius 2 is 1.56 bits per heavy atom. The van der Waals surface area contributed by atoms with Crippen LogP contribution >= 0.6 is 0 Å². The molecule has 0 fully saturated rings. The van der Waals surface area contributed by atoms with Crippen LogP contribution in [0.5, 0.6) is 0 Å². The van der Waals surface area contributed by atoms with Crippen molar-refractivity contribution < 1.29 is 23.8 Å². The highest BCUT2D eigenvalue weighted by Gasteiger charge is 2.09. The van der Waals surface area contributed by atoms with Crippen LogP contribution in [0.25, 0.3) is 0 Å². The molecule has 0 saturated carbocycles. The molecule has 0 aromatic rings. The molecule has 0 bridgehead atoms. The van der Waals surface area contributed by atoms with Gasteiger partial charge >= 0.3 is 7.48 Å². The summed E-state index contributed by atoms with van der Waals surface area (Å²) in [7, 11) is 0.107. The van der Waals surface area contributed by atoms with Crippen molar-refractivity contribution in [2.75, 3.05) is 0 Å². The zero-order valence-corrected chi connectivity index (χ0v) is 9.58. The normalized spacial score (nSPS) is 9.38. The maximum atomic E-state index is 11.1. The van der Waals surface area contributed by atoms with Crippen LogP contribution in [0.1, 0.15) is 33.1 Å². The predicted molar refractivity (Wildman–Crippen MR) is 58.3 cm³/mol. The largest absolute Gasteiger partial charge is 0.540 e. The maximum absolute atomic E-state index is 11.1. The average Bonchev–Trinajstić information content (AvgIpc) is 2.10. The van der Waals surface area contributed by atoms with Crippen molar-refractivity contribution >= 4 is 30.8 Å². The zero-order valence-electron chi connectivity index (χ0n) is 9.58. The van der Waals surface area contributed by atoms with E-state index in [2.05, 4.69) is 0 Å². The lowest BCUT2D eigenvalue weighted by Crippen LogP contribution is -2.13. The van der Waals surface area contributed by atoms with Gasteiger partial charge in [0.1, 0.15) is 23.8 Å². The lowest BCUT2D eigenvalue weighted by Gasteiger charge is -2.01. The Kier molecular flexibility index (Phi) is 7.08. The third-order valence-corrected chi connectivity index (χ3v) is 1.70. The fourth-order valence-corrected chi connectivity index (χ4v) is 1.08. The third kappa shape index (κ3) is 9.11. The van der Waals surface area contributed by atoms with Crippen molar-refractivity contribution in [2.45, 2.75) is 39.4 Å². The van der Waals surface area contributed by atoms with Gasteiger partial charge in [0.25, 0.3) is 5.97 Å². The van der Waals surface area contributed by atoms with Crippen LogP contribution < -0.4 is 0 Å². The smallest absolute Gasteiger partial charge is 0.344 e. The van der Waals surface area contributed by atoms with E-state index < -0.39 is 5.97 Å². The van der Waals surface area contributed by atoms with Gasteiger partial charge in [-0.15, -0.1) is 0 Å². The van der Waals surface area contributed by atoms with E-state index in [0.717, 1.165) is 0 Å². The van der Waals surface area contributed by atoms with E-state index >= 15 is 0 Å². The minimum absolute atomic E-state index is 0.0681. The molecule has 0 aliphatic carbocycles. The minimum Gasteiger partial charge on any atom is -0.540 e. The van der Waals surface area contributed by atoms with Crippen LogP contribution in [0.4, 0.5) is 0 Å². The molecular formula is C10H15BO5. The molecule has 0 atom stereocenters. The van der Waals surface area contributed by atoms with E-state index in [9.17, 15) is 19.2 Å². The van der Waals surface area contributed by atoms with Gasteiger partial charge in [-0.3, -0.25) is 19.2 Å². The maximum Gasteiger partial charge on any atom is 0.344 e. The van der Waals surface area contributed by atoms with E-state index in [1.165, 1.54) is 13.8 Å². The summed E-state index contributed by atoms with van der Waals surface area (Å²) >= 11 is 0. The lowest BCUT2D eigenvalue weighted by atomic mass is 9.90. The molecule has 0 unspecified atom stereocenters. The highest BCUT2D eigenvalue weighted by atomic mass is 16.5. The summed E-state index contributed by atoms with van der Waals surface area (Å²) < 4.78 is 4.71. The van der Waals surface area contributed by atoms with E-state index in [1.54, 1.807) is 0 Å². The second kappa shape index (κ2) is 7.79. The topological polar surface area (TPSA) is 77.5 Å². The SMILES string of the molecule is CC(=O)CC(=O)CCBOC(=O)CC(C)=O. The summed E-state index contributed by atoms with van der Waals surface area (Å²) in [6.45, 7) is 2.66. The van der Waals surface area contributed by atoms with E-state index in [1.807, 2.05) is 0 Å². The number of ketones is 3. The number of carbonyl (C=O) groups excluding carboxylic acids is 4. The van der Waals surface area contributed by atoms with Gasteiger partial charge in [-0.05, 0) is 20.2 Å². The first-order valence-corrected chi connectivity index (χ1v) is 5.08. The summed E-state index contributed by atoms with van der Waals surface area (Å²) in [5.74, 6) is -1.15. The summed E-state index contributed by atoms with van der Waals surface area (Å²) in [6, 6.07) is 0. The van der Waals surface area contributed by atoms with Crippen molar-refractivity contribution in [3.05, 3.63) is 0 Å². The molecule has 0 heterocycles. The zero-order chi connectivity index (χ0) is 12.6. The number of carbonyl (C=O) groups is 4. The highest BCUT2D eigenvalue weighted by Crippen LogP contribution is 1.97. The predicted octanol–water partition coefficient (Wildman–Crippen LogP) is 0.217. The van der Waals surface area contributed by atoms with Crippen LogP contribution in [0.2, 0.25) is 6.32 Å². The second-order valence-corrected chi connectivity index (χ2v) is 3.62. The Morgan fingerprint density at radius 1 is 1.00 bits per heavy atom. The molecule has 0 amide bonds. The number of hydrogen-bond acceptors (Lipinski definition) is 5. The number of rotatable bonds is 8. The Balaban J connectivity index is 3.53. The van der Waals surface area contributed by atoms with Crippen molar-refractivity contribution in [1.29, 1.82) is 0 Å². The Morgan fingerprint density at radius 3 is 2.06 bits per heavy atom. The van der Waals surface area contributed by atoms with Gasteiger partial charge in [-0.2, -0.15) is 0 Å². The van der Waals surface area contributed by atoms with Crippen molar-refractivity contribution in [1.82, 2.24) is 0 Å². The molecule has 5 nitrogen and oxygen atoms in total. The van der Waals surface area contributed by atoms with Crippen molar-refractivity contribution in [3.63, 3.8) is 0 Å². The van der Waals surface area contributed by atoms with E-state index in [-0.39, 0.29) is 44.1 Å². The molecule has 0 N–H and O–H groups in total. The summed E-state index contributed by atoms with van der Waals surface area (Å²) in [6.07, 6.45) is 0.297. The van der Waals surface area contributed by atoms with Crippen LogP contribution in [0.3, 0.4) is 0 Å². The second-order valence-electron chi connectivity index (χ2n) is 3.62. The fraction of sp³-hybridized carbons (Fsp3) is 0.600. The number of Topliss-reactive ketones (excluding diaryl/α,β-unsaturated/α-hetero) is 3. The standard InChI is InChI=1S/C10H15BO5/c1-7(12)5-9(14)3-4-11-16-10(15)6-8(2)13/h11H,3-6H2,1-2H3. The average molecular weight is 226 g/mol. The van der Waals surface area contributed by atoms with Crippen molar-refractivity contribution in [2.24, 2.45) is 0 Å². The molecule has 6 heteroatoms. The van der Waals surface area contributed by atoms with Crippen LogP contribution in [0.15, 0.2) is 0 Å². The first-order valence-electron chi connectivity index (χ1n) is 5.08. The van der Waals surface area contributed by atoms with Crippen molar-refractivity contribution in [3.8, 4) is 0 Å². The first kappa shape index (κ1) is 14.5. The molecule has 0 radical (unpaired) electrons. The van der Waals surface area contributed by atoms with Gasteiger partial charge in [0.2, 0.25) is 0 Å². The summed E-state index contributed by atoms with van der Waals surface area (Å²) in [5.41, 5.74) is 0. The van der Waals surface area contributed by atoms with Gasteiger partial charge in [0.05, 0.1) is 6.42 Å². The Hall–Kier alpha value is -1.46. The summed E-state index contributed by atoms with van der Waals surface area (Å²) in [5, 5.41) is 0. The van der Waals surface area contributed by atoms with Crippen LogP contribution in [-0.2, 0) is 23.8 Å². The highest BCUT2D eigenvalue weighted by molar-refractivity contribution is 6.31. The molecule has 0 aromatic carbocycles. The molecule has 0 spiro atoms.